The van der Waals surface area contributed by atoms with Crippen LogP contribution in [0.4, 0.5) is 0 Å². The Morgan fingerprint density at radius 1 is 1.00 bits per heavy atom. The van der Waals surface area contributed by atoms with Gasteiger partial charge in [-0.15, -0.1) is 0 Å². The van der Waals surface area contributed by atoms with Crippen molar-refractivity contribution in [3.05, 3.63) is 0 Å². The number of hydrogen-bond donors (Lipinski definition) is 3. The Labute approximate surface area is 62.9 Å². The van der Waals surface area contributed by atoms with Crippen molar-refractivity contribution in [1.29, 1.82) is 0 Å². The summed E-state index contributed by atoms with van der Waals surface area (Å²) in [5, 5.41) is 0. The van der Waals surface area contributed by atoms with Gasteiger partial charge in [0.1, 0.15) is 0 Å². The van der Waals surface area contributed by atoms with Gasteiger partial charge in [0.05, 0.1) is 0 Å². The fraction of sp³-hybridized carbons (Fsp3) is 1.00. The van der Waals surface area contributed by atoms with E-state index in [1.807, 2.05) is 13.8 Å². The molecule has 0 aromatic carbocycles. The van der Waals surface area contributed by atoms with Crippen LogP contribution in [0.2, 0.25) is 0 Å². The van der Waals surface area contributed by atoms with E-state index in [1.165, 1.54) is 0 Å². The molecule has 0 aromatic rings. The van der Waals surface area contributed by atoms with Crippen LogP contribution in [0.3, 0.4) is 0 Å². The second-order valence-electron chi connectivity index (χ2n) is 3.08. The van der Waals surface area contributed by atoms with Crippen LogP contribution in [0.5, 0.6) is 0 Å². The van der Waals surface area contributed by atoms with Crippen LogP contribution < -0.4 is 17.2 Å². The van der Waals surface area contributed by atoms with Gasteiger partial charge in [0.15, 0.2) is 0 Å². The van der Waals surface area contributed by atoms with Crippen LogP contribution in [0.15, 0.2) is 0 Å². The summed E-state index contributed by atoms with van der Waals surface area (Å²) in [6.45, 7) is 3.90. The molecule has 0 rings (SSSR count). The zero-order valence-corrected chi connectivity index (χ0v) is 6.88. The highest BCUT2D eigenvalue weighted by Crippen LogP contribution is 1.99. The quantitative estimate of drug-likeness (QED) is 0.512. The minimum atomic E-state index is 0.0822. The average molecular weight is 145 g/mol. The van der Waals surface area contributed by atoms with Gasteiger partial charge in [-0.2, -0.15) is 0 Å². The van der Waals surface area contributed by atoms with Crippen LogP contribution in [-0.2, 0) is 0 Å². The van der Waals surface area contributed by atoms with Gasteiger partial charge in [-0.05, 0) is 26.7 Å². The molecule has 3 unspecified atom stereocenters. The predicted molar refractivity (Wildman–Crippen MR) is 44.5 cm³/mol. The van der Waals surface area contributed by atoms with Crippen molar-refractivity contribution in [3.63, 3.8) is 0 Å². The van der Waals surface area contributed by atoms with E-state index >= 15 is 0 Å². The molecule has 0 spiro atoms. The van der Waals surface area contributed by atoms with Crippen molar-refractivity contribution in [1.82, 2.24) is 0 Å². The van der Waals surface area contributed by atoms with Gasteiger partial charge >= 0.3 is 0 Å². The summed E-state index contributed by atoms with van der Waals surface area (Å²) in [7, 11) is 0. The van der Waals surface area contributed by atoms with Crippen molar-refractivity contribution >= 4 is 0 Å². The van der Waals surface area contributed by atoms with Gasteiger partial charge in [-0.1, -0.05) is 0 Å². The van der Waals surface area contributed by atoms with Crippen molar-refractivity contribution in [3.8, 4) is 0 Å². The van der Waals surface area contributed by atoms with E-state index in [9.17, 15) is 0 Å². The summed E-state index contributed by atoms with van der Waals surface area (Å²) in [5.41, 5.74) is 16.8. The number of nitrogens with two attached hydrogens (primary N) is 3. The highest BCUT2D eigenvalue weighted by atomic mass is 14.8. The van der Waals surface area contributed by atoms with Crippen LogP contribution in [0, 0.1) is 0 Å². The summed E-state index contributed by atoms with van der Waals surface area (Å²) in [5.74, 6) is 0. The second-order valence-corrected chi connectivity index (χ2v) is 3.08. The topological polar surface area (TPSA) is 78.1 Å². The zero-order valence-electron chi connectivity index (χ0n) is 6.88. The van der Waals surface area contributed by atoms with Crippen molar-refractivity contribution in [2.24, 2.45) is 17.2 Å². The summed E-state index contributed by atoms with van der Waals surface area (Å²) < 4.78 is 0. The Morgan fingerprint density at radius 3 is 1.80 bits per heavy atom. The minimum absolute atomic E-state index is 0.0822. The first-order chi connectivity index (χ1) is 4.54. The molecule has 0 bridgehead atoms. The zero-order chi connectivity index (χ0) is 8.15. The average Bonchev–Trinajstić information content (AvgIpc) is 1.82. The summed E-state index contributed by atoms with van der Waals surface area (Å²) in [6, 6.07) is 0.426. The molecular formula is C7H19N3. The third-order valence-corrected chi connectivity index (χ3v) is 1.63. The fourth-order valence-electron chi connectivity index (χ4n) is 0.718. The Bertz CT molecular complexity index is 80.9. The lowest BCUT2D eigenvalue weighted by atomic mass is 10.0. The van der Waals surface area contributed by atoms with E-state index < -0.39 is 0 Å². The predicted octanol–water partition coefficient (Wildman–Crippen LogP) is -0.212. The fourth-order valence-corrected chi connectivity index (χ4v) is 0.718. The molecule has 0 fully saturated rings. The van der Waals surface area contributed by atoms with Crippen LogP contribution >= 0.6 is 0 Å². The van der Waals surface area contributed by atoms with Crippen molar-refractivity contribution < 1.29 is 0 Å². The molecule has 0 amide bonds. The lowest BCUT2D eigenvalue weighted by Crippen LogP contribution is -2.39. The van der Waals surface area contributed by atoms with Crippen molar-refractivity contribution in [2.75, 3.05) is 0 Å². The third-order valence-electron chi connectivity index (χ3n) is 1.63. The molecule has 0 aromatic heterocycles. The van der Waals surface area contributed by atoms with Gasteiger partial charge in [-0.3, -0.25) is 0 Å². The third kappa shape index (κ3) is 4.73. The molecule has 62 valence electrons. The molecule has 0 radical (unpaired) electrons. The maximum atomic E-state index is 5.68. The number of rotatable bonds is 4. The maximum absolute atomic E-state index is 5.68. The van der Waals surface area contributed by atoms with Gasteiger partial charge in [0, 0.05) is 18.1 Å². The minimum Gasteiger partial charge on any atom is -0.328 e. The molecule has 3 nitrogen and oxygen atoms in total. The van der Waals surface area contributed by atoms with Gasteiger partial charge < -0.3 is 17.2 Å². The number of hydrogen-bond acceptors (Lipinski definition) is 3. The molecule has 0 saturated heterocycles. The molecule has 10 heavy (non-hydrogen) atoms. The Balaban J connectivity index is 3.30. The molecule has 3 heteroatoms. The maximum Gasteiger partial charge on any atom is 0.0190 e. The highest BCUT2D eigenvalue weighted by Gasteiger charge is 2.07. The normalized spacial score (nSPS) is 20.1. The van der Waals surface area contributed by atoms with E-state index in [-0.39, 0.29) is 18.1 Å². The monoisotopic (exact) mass is 145 g/mol. The van der Waals surface area contributed by atoms with Gasteiger partial charge in [0.25, 0.3) is 0 Å². The van der Waals surface area contributed by atoms with Crippen LogP contribution in [0.1, 0.15) is 26.7 Å². The molecule has 0 aliphatic carbocycles. The first-order valence-electron chi connectivity index (χ1n) is 3.80. The molecule has 0 aliphatic rings. The highest BCUT2D eigenvalue weighted by molar-refractivity contribution is 4.72. The van der Waals surface area contributed by atoms with Gasteiger partial charge in [0.2, 0.25) is 0 Å². The molecule has 6 N–H and O–H groups in total. The largest absolute Gasteiger partial charge is 0.328 e. The van der Waals surface area contributed by atoms with Crippen molar-refractivity contribution in [2.45, 2.75) is 44.8 Å². The van der Waals surface area contributed by atoms with E-state index in [2.05, 4.69) is 0 Å². The standard InChI is InChI=1S/C7H19N3/c1-5(8)3-4-7(10)6(2)9/h5-7H,3-4,8-10H2,1-2H3. The summed E-state index contributed by atoms with van der Waals surface area (Å²) in [4.78, 5) is 0. The molecular weight excluding hydrogens is 126 g/mol. The molecule has 3 atom stereocenters. The van der Waals surface area contributed by atoms with Crippen LogP contribution in [-0.4, -0.2) is 18.1 Å². The SMILES string of the molecule is CC(N)CCC(N)C(C)N. The second kappa shape index (κ2) is 4.66. The summed E-state index contributed by atoms with van der Waals surface area (Å²) in [6.07, 6.45) is 1.89. The molecule has 0 heterocycles. The van der Waals surface area contributed by atoms with E-state index in [0.717, 1.165) is 12.8 Å². The molecule has 0 aliphatic heterocycles. The first-order valence-corrected chi connectivity index (χ1v) is 3.80. The Kier molecular flexibility index (Phi) is 4.60. The molecule has 0 saturated carbocycles. The van der Waals surface area contributed by atoms with E-state index in [0.29, 0.717) is 0 Å². The lowest BCUT2D eigenvalue weighted by molar-refractivity contribution is 0.483. The van der Waals surface area contributed by atoms with Gasteiger partial charge in [-0.25, -0.2) is 0 Å². The van der Waals surface area contributed by atoms with Crippen LogP contribution in [0.25, 0.3) is 0 Å². The lowest BCUT2D eigenvalue weighted by Gasteiger charge is -2.16. The Morgan fingerprint density at radius 2 is 1.50 bits per heavy atom. The smallest absolute Gasteiger partial charge is 0.0190 e. The first kappa shape index (κ1) is 9.88. The Hall–Kier alpha value is -0.120. The summed E-state index contributed by atoms with van der Waals surface area (Å²) >= 11 is 0. The van der Waals surface area contributed by atoms with E-state index in [4.69, 9.17) is 17.2 Å². The van der Waals surface area contributed by atoms with E-state index in [1.54, 1.807) is 0 Å².